The summed E-state index contributed by atoms with van der Waals surface area (Å²) >= 11 is 0. The Kier molecular flexibility index (Phi) is 9.16. The van der Waals surface area contributed by atoms with E-state index in [1.54, 1.807) is 19.1 Å². The molecule has 2 aliphatic rings. The molecule has 33 heavy (non-hydrogen) atoms. The van der Waals surface area contributed by atoms with E-state index >= 15 is 0 Å². The smallest absolute Gasteiger partial charge is 0.334 e. The van der Waals surface area contributed by atoms with Crippen molar-refractivity contribution < 1.29 is 43.2 Å². The van der Waals surface area contributed by atoms with Crippen molar-refractivity contribution in [1.29, 1.82) is 0 Å². The average molecular weight is 462 g/mol. The van der Waals surface area contributed by atoms with Crippen LogP contribution < -0.4 is 0 Å². The first-order valence-electron chi connectivity index (χ1n) is 10.6. The summed E-state index contributed by atoms with van der Waals surface area (Å²) in [6.07, 6.45) is 2.90. The molecule has 0 saturated carbocycles. The third-order valence-electron chi connectivity index (χ3n) is 5.43. The zero-order valence-electron chi connectivity index (χ0n) is 19.3. The molecule has 1 saturated heterocycles. The molecule has 1 N–H and O–H groups in total. The van der Waals surface area contributed by atoms with E-state index in [9.17, 15) is 19.2 Å². The quantitative estimate of drug-likeness (QED) is 0.273. The van der Waals surface area contributed by atoms with Gasteiger partial charge in [0.2, 0.25) is 0 Å². The molecule has 1 aliphatic carbocycles. The first-order chi connectivity index (χ1) is 15.5. The molecule has 0 unspecified atom stereocenters. The summed E-state index contributed by atoms with van der Waals surface area (Å²) in [5.41, 5.74) is 1.61. The maximum absolute atomic E-state index is 12.6. The van der Waals surface area contributed by atoms with Crippen LogP contribution >= 0.6 is 0 Å². The maximum atomic E-state index is 12.6. The van der Waals surface area contributed by atoms with E-state index in [0.29, 0.717) is 11.1 Å². The minimum absolute atomic E-state index is 0.0664. The predicted octanol–water partition coefficient (Wildman–Crippen LogP) is 2.10. The first kappa shape index (κ1) is 26.1. The molecule has 0 bridgehead atoms. The Hall–Kier alpha value is -3.20. The Morgan fingerprint density at radius 2 is 1.91 bits per heavy atom. The Bertz CT molecular complexity index is 909. The summed E-state index contributed by atoms with van der Waals surface area (Å²) in [6.45, 7) is 9.26. The third kappa shape index (κ3) is 7.15. The molecule has 1 heterocycles. The number of aliphatic hydroxyl groups excluding tert-OH is 1. The maximum Gasteiger partial charge on any atom is 0.334 e. The molecule has 0 radical (unpaired) electrons. The van der Waals surface area contributed by atoms with Crippen LogP contribution in [0.2, 0.25) is 0 Å². The molecule has 0 amide bonds. The summed E-state index contributed by atoms with van der Waals surface area (Å²) in [6, 6.07) is 0. The van der Waals surface area contributed by atoms with Gasteiger partial charge in [0.25, 0.3) is 0 Å². The lowest BCUT2D eigenvalue weighted by Gasteiger charge is -2.29. The van der Waals surface area contributed by atoms with Crippen LogP contribution in [0.4, 0.5) is 0 Å². The molecule has 0 aromatic heterocycles. The van der Waals surface area contributed by atoms with Gasteiger partial charge in [0.1, 0.15) is 24.9 Å². The molecule has 0 spiro atoms. The lowest BCUT2D eigenvalue weighted by molar-refractivity contribution is -0.148. The predicted molar refractivity (Wildman–Crippen MR) is 116 cm³/mol. The van der Waals surface area contributed by atoms with E-state index in [-0.39, 0.29) is 37.2 Å². The topological polar surface area (TPSA) is 125 Å². The number of carbonyl (C=O) groups is 4. The molecule has 9 nitrogen and oxygen atoms in total. The molecule has 1 fully saturated rings. The molecule has 4 atom stereocenters. The zero-order valence-corrected chi connectivity index (χ0v) is 19.3. The fourth-order valence-electron chi connectivity index (χ4n) is 3.69. The zero-order chi connectivity index (χ0) is 24.7. The van der Waals surface area contributed by atoms with Gasteiger partial charge >= 0.3 is 23.9 Å². The van der Waals surface area contributed by atoms with E-state index in [2.05, 4.69) is 6.58 Å². The molecule has 180 valence electrons. The molecular weight excluding hydrogens is 432 g/mol. The fraction of sp³-hybridized carbons (Fsp3) is 0.500. The largest absolute Gasteiger partial charge is 0.461 e. The van der Waals surface area contributed by atoms with Gasteiger partial charge in [-0.3, -0.25) is 9.59 Å². The summed E-state index contributed by atoms with van der Waals surface area (Å²) < 4.78 is 21.8. The average Bonchev–Trinajstić information content (AvgIpc) is 3.00. The lowest BCUT2D eigenvalue weighted by Crippen LogP contribution is -2.35. The molecular formula is C24H30O9. The number of hydrogen-bond donors (Lipinski definition) is 1. The van der Waals surface area contributed by atoms with Crippen LogP contribution in [0, 0.1) is 5.92 Å². The van der Waals surface area contributed by atoms with Crippen LogP contribution in [-0.4, -0.2) is 60.5 Å². The van der Waals surface area contributed by atoms with E-state index in [1.165, 1.54) is 26.8 Å². The van der Waals surface area contributed by atoms with Crippen molar-refractivity contribution in [3.63, 3.8) is 0 Å². The van der Waals surface area contributed by atoms with Crippen LogP contribution in [0.3, 0.4) is 0 Å². The van der Waals surface area contributed by atoms with E-state index in [4.69, 9.17) is 24.1 Å². The van der Waals surface area contributed by atoms with Gasteiger partial charge < -0.3 is 24.1 Å². The summed E-state index contributed by atoms with van der Waals surface area (Å²) in [7, 11) is 0. The van der Waals surface area contributed by atoms with Crippen LogP contribution in [-0.2, 0) is 38.1 Å². The first-order valence-corrected chi connectivity index (χ1v) is 10.6. The second-order valence-corrected chi connectivity index (χ2v) is 8.03. The van der Waals surface area contributed by atoms with Crippen molar-refractivity contribution in [2.45, 2.75) is 58.8 Å². The minimum atomic E-state index is -0.861. The van der Waals surface area contributed by atoms with Gasteiger partial charge in [0.15, 0.2) is 0 Å². The van der Waals surface area contributed by atoms with Crippen molar-refractivity contribution in [3.05, 3.63) is 47.1 Å². The van der Waals surface area contributed by atoms with Gasteiger partial charge in [-0.05, 0) is 37.1 Å². The third-order valence-corrected chi connectivity index (χ3v) is 5.43. The number of fused-ring (bicyclic) bond motifs is 1. The lowest BCUT2D eigenvalue weighted by atomic mass is 9.85. The van der Waals surface area contributed by atoms with Gasteiger partial charge in [-0.1, -0.05) is 12.7 Å². The Balaban J connectivity index is 2.50. The van der Waals surface area contributed by atoms with Crippen LogP contribution in [0.5, 0.6) is 0 Å². The summed E-state index contributed by atoms with van der Waals surface area (Å²) in [5.74, 6) is -2.95. The number of ether oxygens (including phenoxy) is 4. The Morgan fingerprint density at radius 1 is 1.21 bits per heavy atom. The van der Waals surface area contributed by atoms with Crippen molar-refractivity contribution in [2.75, 3.05) is 13.2 Å². The minimum Gasteiger partial charge on any atom is -0.461 e. The van der Waals surface area contributed by atoms with Crippen molar-refractivity contribution in [3.8, 4) is 0 Å². The normalized spacial score (nSPS) is 28.9. The fourth-order valence-corrected chi connectivity index (χ4v) is 3.69. The number of aliphatic hydroxyl groups is 1. The van der Waals surface area contributed by atoms with Gasteiger partial charge in [-0.2, -0.15) is 0 Å². The van der Waals surface area contributed by atoms with Crippen LogP contribution in [0.15, 0.2) is 47.1 Å². The monoisotopic (exact) mass is 462 g/mol. The Morgan fingerprint density at radius 3 is 2.52 bits per heavy atom. The highest BCUT2D eigenvalue weighted by atomic mass is 16.6. The standard InChI is InChI=1S/C24H30O9/c1-13(8-9-25)23(28)32-21-11-18(12-30-16(4)26)6-7-19(31-17(5)27)14(2)10-20-22(21)15(3)24(29)33-20/h6,8,10,19-22,25H,3,7,9,11-12H2,1-2,4-5H3/b13-8+,14-10-,18-6+/t19-,20+,21+,22-/m0/s1. The van der Waals surface area contributed by atoms with Crippen molar-refractivity contribution in [2.24, 2.45) is 5.92 Å². The van der Waals surface area contributed by atoms with Crippen LogP contribution in [0.25, 0.3) is 0 Å². The number of rotatable bonds is 6. The van der Waals surface area contributed by atoms with Gasteiger partial charge in [0.05, 0.1) is 12.5 Å². The van der Waals surface area contributed by atoms with Gasteiger partial charge in [0, 0.05) is 37.8 Å². The van der Waals surface area contributed by atoms with E-state index in [0.717, 1.165) is 0 Å². The second kappa shape index (κ2) is 11.6. The molecule has 0 aromatic rings. The van der Waals surface area contributed by atoms with Crippen molar-refractivity contribution >= 4 is 23.9 Å². The Labute approximate surface area is 192 Å². The van der Waals surface area contributed by atoms with Crippen LogP contribution in [0.1, 0.15) is 40.5 Å². The SMILES string of the molecule is C=C1C(=O)O[C@@H]2/C=C(/C)[C@@H](OC(C)=O)C/C=C(/COC(C)=O)C[C@@H](OC(=O)/C(C)=C/CO)[C@@H]12. The highest BCUT2D eigenvalue weighted by Gasteiger charge is 2.45. The molecule has 1 aliphatic heterocycles. The van der Waals surface area contributed by atoms with E-state index in [1.807, 2.05) is 0 Å². The molecule has 0 aromatic carbocycles. The molecule has 9 heteroatoms. The number of carbonyl (C=O) groups excluding carboxylic acids is 4. The number of hydrogen-bond acceptors (Lipinski definition) is 9. The second-order valence-electron chi connectivity index (χ2n) is 8.03. The summed E-state index contributed by atoms with van der Waals surface area (Å²) in [4.78, 5) is 48.0. The molecule has 2 rings (SSSR count). The number of esters is 4. The van der Waals surface area contributed by atoms with E-state index < -0.39 is 48.1 Å². The van der Waals surface area contributed by atoms with Gasteiger partial charge in [-0.15, -0.1) is 0 Å². The summed E-state index contributed by atoms with van der Waals surface area (Å²) in [5, 5.41) is 9.09. The van der Waals surface area contributed by atoms with Gasteiger partial charge in [-0.25, -0.2) is 9.59 Å². The van der Waals surface area contributed by atoms with Crippen molar-refractivity contribution in [1.82, 2.24) is 0 Å². The highest BCUT2D eigenvalue weighted by Crippen LogP contribution is 2.37. The highest BCUT2D eigenvalue weighted by molar-refractivity contribution is 5.92.